The summed E-state index contributed by atoms with van der Waals surface area (Å²) in [5.41, 5.74) is 1.66. The molecular formula is C35H46N2O7S. The van der Waals surface area contributed by atoms with Crippen LogP contribution < -0.4 is 9.47 Å². The molecule has 3 rings (SSSR count). The highest BCUT2D eigenvalue weighted by molar-refractivity contribution is 8.00. The van der Waals surface area contributed by atoms with Crippen LogP contribution in [0, 0.1) is 11.8 Å². The van der Waals surface area contributed by atoms with Crippen LogP contribution >= 0.6 is 11.8 Å². The Labute approximate surface area is 271 Å². The number of hydrogen-bond acceptors (Lipinski definition) is 8. The Morgan fingerprint density at radius 1 is 0.711 bits per heavy atom. The maximum atomic E-state index is 13.7. The molecule has 0 saturated heterocycles. The first-order valence-electron chi connectivity index (χ1n) is 15.1. The number of aliphatic hydroxyl groups is 1. The van der Waals surface area contributed by atoms with Crippen LogP contribution in [0.15, 0.2) is 83.8 Å². The number of ether oxygens (including phenoxy) is 4. The van der Waals surface area contributed by atoms with Crippen LogP contribution in [0.3, 0.4) is 0 Å². The first kappa shape index (κ1) is 35.6. The van der Waals surface area contributed by atoms with E-state index in [0.29, 0.717) is 11.5 Å². The molecule has 0 saturated carbocycles. The van der Waals surface area contributed by atoms with Crippen LogP contribution in [0.5, 0.6) is 11.5 Å². The SMILES string of the molecule is COc1ccc(CN(CC(O)C(Sc2ccccc2)N(Cc2ccc(OC)cc2)C(=O)OCC(C)C)C(=O)OCC(C)C)cc1. The third kappa shape index (κ3) is 11.9. The largest absolute Gasteiger partial charge is 0.497 e. The number of rotatable bonds is 16. The van der Waals surface area contributed by atoms with Gasteiger partial charge in [0, 0.05) is 11.4 Å². The standard InChI is InChI=1S/C35H46N2O7S/c1-25(2)23-43-34(39)36(20-27-12-16-29(41-5)17-13-27)22-32(38)33(45-31-10-8-7-9-11-31)37(35(40)44-24-26(3)4)21-28-14-18-30(42-6)19-15-28/h7-19,25-26,32-33,38H,20-24H2,1-6H3. The van der Waals surface area contributed by atoms with E-state index in [9.17, 15) is 14.7 Å². The van der Waals surface area contributed by atoms with Crippen LogP contribution in [0.2, 0.25) is 0 Å². The van der Waals surface area contributed by atoms with E-state index >= 15 is 0 Å². The number of carbonyl (C=O) groups is 2. The summed E-state index contributed by atoms with van der Waals surface area (Å²) in [4.78, 5) is 30.9. The zero-order valence-corrected chi connectivity index (χ0v) is 27.9. The number of thioether (sulfide) groups is 1. The molecule has 0 radical (unpaired) electrons. The molecule has 2 atom stereocenters. The van der Waals surface area contributed by atoms with Crippen LogP contribution in [-0.4, -0.2) is 72.5 Å². The van der Waals surface area contributed by atoms with E-state index in [4.69, 9.17) is 18.9 Å². The molecule has 0 aliphatic rings. The van der Waals surface area contributed by atoms with Crippen molar-refractivity contribution in [2.75, 3.05) is 34.0 Å². The smallest absolute Gasteiger partial charge is 0.411 e. The van der Waals surface area contributed by atoms with Gasteiger partial charge in [-0.05, 0) is 59.4 Å². The fourth-order valence-electron chi connectivity index (χ4n) is 4.30. The van der Waals surface area contributed by atoms with Gasteiger partial charge in [-0.2, -0.15) is 0 Å². The van der Waals surface area contributed by atoms with Gasteiger partial charge in [-0.15, -0.1) is 0 Å². The first-order chi connectivity index (χ1) is 21.6. The van der Waals surface area contributed by atoms with Crippen molar-refractivity contribution in [2.24, 2.45) is 11.8 Å². The molecule has 3 aromatic rings. The number of hydrogen-bond donors (Lipinski definition) is 1. The average Bonchev–Trinajstić information content (AvgIpc) is 3.04. The zero-order chi connectivity index (χ0) is 32.8. The number of amides is 2. The van der Waals surface area contributed by atoms with Gasteiger partial charge >= 0.3 is 12.2 Å². The molecule has 0 spiro atoms. The summed E-state index contributed by atoms with van der Waals surface area (Å²) in [7, 11) is 3.19. The lowest BCUT2D eigenvalue weighted by Crippen LogP contribution is -2.50. The van der Waals surface area contributed by atoms with Crippen molar-refractivity contribution in [3.05, 3.63) is 90.0 Å². The molecule has 1 N–H and O–H groups in total. The van der Waals surface area contributed by atoms with E-state index in [1.54, 1.807) is 14.2 Å². The molecule has 2 unspecified atom stereocenters. The third-order valence-electron chi connectivity index (χ3n) is 6.66. The number of nitrogens with zero attached hydrogens (tertiary/aromatic N) is 2. The van der Waals surface area contributed by atoms with E-state index in [-0.39, 0.29) is 44.7 Å². The summed E-state index contributed by atoms with van der Waals surface area (Å²) in [6.07, 6.45) is -2.29. The number of benzene rings is 3. The molecule has 3 aromatic carbocycles. The molecule has 2 amide bonds. The molecule has 10 heteroatoms. The molecule has 0 aromatic heterocycles. The van der Waals surface area contributed by atoms with Crippen molar-refractivity contribution in [3.63, 3.8) is 0 Å². The summed E-state index contributed by atoms with van der Waals surface area (Å²) < 4.78 is 21.9. The fourth-order valence-corrected chi connectivity index (χ4v) is 5.42. The average molecular weight is 639 g/mol. The monoisotopic (exact) mass is 638 g/mol. The Kier molecular flexibility index (Phi) is 14.4. The van der Waals surface area contributed by atoms with E-state index in [2.05, 4.69) is 0 Å². The predicted octanol–water partition coefficient (Wildman–Crippen LogP) is 7.07. The summed E-state index contributed by atoms with van der Waals surface area (Å²) in [6.45, 7) is 8.57. The Morgan fingerprint density at radius 2 is 1.20 bits per heavy atom. The van der Waals surface area contributed by atoms with Crippen molar-refractivity contribution in [3.8, 4) is 11.5 Å². The van der Waals surface area contributed by atoms with Gasteiger partial charge in [-0.3, -0.25) is 4.90 Å². The molecule has 0 fully saturated rings. The van der Waals surface area contributed by atoms with Crippen LogP contribution in [-0.2, 0) is 22.6 Å². The second-order valence-electron chi connectivity index (χ2n) is 11.5. The molecule has 0 aliphatic carbocycles. The summed E-state index contributed by atoms with van der Waals surface area (Å²) in [5.74, 6) is 1.65. The van der Waals surface area contributed by atoms with Crippen LogP contribution in [0.25, 0.3) is 0 Å². The highest BCUT2D eigenvalue weighted by atomic mass is 32.2. The predicted molar refractivity (Wildman–Crippen MR) is 176 cm³/mol. The Hall–Kier alpha value is -3.89. The van der Waals surface area contributed by atoms with Crippen molar-refractivity contribution in [1.82, 2.24) is 9.80 Å². The Bertz CT molecular complexity index is 1300. The minimum absolute atomic E-state index is 0.0932. The van der Waals surface area contributed by atoms with E-state index in [1.807, 2.05) is 107 Å². The minimum Gasteiger partial charge on any atom is -0.497 e. The quantitative estimate of drug-likeness (QED) is 0.131. The molecule has 0 bridgehead atoms. The van der Waals surface area contributed by atoms with Crippen molar-refractivity contribution in [1.29, 1.82) is 0 Å². The van der Waals surface area contributed by atoms with E-state index in [1.165, 1.54) is 21.6 Å². The van der Waals surface area contributed by atoms with Crippen molar-refractivity contribution < 1.29 is 33.6 Å². The zero-order valence-electron chi connectivity index (χ0n) is 27.0. The van der Waals surface area contributed by atoms with Crippen LogP contribution in [0.4, 0.5) is 9.59 Å². The van der Waals surface area contributed by atoms with Crippen molar-refractivity contribution >= 4 is 23.9 Å². The van der Waals surface area contributed by atoms with Gasteiger partial charge in [0.25, 0.3) is 0 Å². The number of carbonyl (C=O) groups excluding carboxylic acids is 2. The highest BCUT2D eigenvalue weighted by Gasteiger charge is 2.35. The third-order valence-corrected chi connectivity index (χ3v) is 8.02. The van der Waals surface area contributed by atoms with Gasteiger partial charge in [-0.25, -0.2) is 9.59 Å². The molecule has 45 heavy (non-hydrogen) atoms. The lowest BCUT2D eigenvalue weighted by atomic mass is 10.1. The van der Waals surface area contributed by atoms with Gasteiger partial charge in [0.05, 0.1) is 40.5 Å². The molecule has 9 nitrogen and oxygen atoms in total. The lowest BCUT2D eigenvalue weighted by Gasteiger charge is -2.36. The van der Waals surface area contributed by atoms with E-state index in [0.717, 1.165) is 16.0 Å². The fraction of sp³-hybridized carbons (Fsp3) is 0.429. The Balaban J connectivity index is 1.97. The molecule has 0 heterocycles. The Morgan fingerprint density at radius 3 is 1.69 bits per heavy atom. The maximum absolute atomic E-state index is 13.7. The van der Waals surface area contributed by atoms with Gasteiger partial charge in [0.15, 0.2) is 0 Å². The highest BCUT2D eigenvalue weighted by Crippen LogP contribution is 2.31. The number of aliphatic hydroxyl groups excluding tert-OH is 1. The number of methoxy groups -OCH3 is 2. The molecule has 0 aliphatic heterocycles. The molecule has 244 valence electrons. The first-order valence-corrected chi connectivity index (χ1v) is 16.0. The van der Waals surface area contributed by atoms with E-state index < -0.39 is 23.7 Å². The van der Waals surface area contributed by atoms with Gasteiger partial charge in [0.1, 0.15) is 23.0 Å². The topological polar surface area (TPSA) is 97.8 Å². The maximum Gasteiger partial charge on any atom is 0.411 e. The second-order valence-corrected chi connectivity index (χ2v) is 12.7. The summed E-state index contributed by atoms with van der Waals surface area (Å²) in [5, 5.41) is 11.1. The minimum atomic E-state index is -1.18. The van der Waals surface area contributed by atoms with Gasteiger partial charge in [-0.1, -0.05) is 81.9 Å². The summed E-state index contributed by atoms with van der Waals surface area (Å²) >= 11 is 1.33. The normalized spacial score (nSPS) is 12.4. The van der Waals surface area contributed by atoms with Gasteiger partial charge < -0.3 is 29.0 Å². The molecular weight excluding hydrogens is 592 g/mol. The lowest BCUT2D eigenvalue weighted by molar-refractivity contribution is 0.0309. The van der Waals surface area contributed by atoms with Crippen LogP contribution in [0.1, 0.15) is 38.8 Å². The second kappa shape index (κ2) is 18.2. The summed E-state index contributed by atoms with van der Waals surface area (Å²) in [6, 6.07) is 24.3. The van der Waals surface area contributed by atoms with Crippen molar-refractivity contribution in [2.45, 2.75) is 57.2 Å². The van der Waals surface area contributed by atoms with Gasteiger partial charge in [0.2, 0.25) is 0 Å².